The van der Waals surface area contributed by atoms with Gasteiger partial charge in [0, 0.05) is 6.42 Å². The summed E-state index contributed by atoms with van der Waals surface area (Å²) in [5.41, 5.74) is 0. The second kappa shape index (κ2) is 26.7. The van der Waals surface area contributed by atoms with Crippen molar-refractivity contribution in [3.63, 3.8) is 0 Å². The van der Waals surface area contributed by atoms with Crippen molar-refractivity contribution < 1.29 is 9.90 Å². The minimum atomic E-state index is -0.671. The van der Waals surface area contributed by atoms with Crippen LogP contribution in [0.15, 0.2) is 36.5 Å². The Morgan fingerprint density at radius 3 is 1.29 bits per heavy atom. The van der Waals surface area contributed by atoms with E-state index in [-0.39, 0.29) is 0 Å². The van der Waals surface area contributed by atoms with Gasteiger partial charge in [0.25, 0.3) is 0 Å². The van der Waals surface area contributed by atoms with Gasteiger partial charge in [-0.2, -0.15) is 0 Å². The van der Waals surface area contributed by atoms with E-state index in [2.05, 4.69) is 43.4 Å². The van der Waals surface area contributed by atoms with E-state index in [1.165, 1.54) is 89.9 Å². The molecule has 0 heterocycles. The molecule has 2 heteroatoms. The van der Waals surface area contributed by atoms with Gasteiger partial charge in [0.1, 0.15) is 0 Å². The zero-order valence-electron chi connectivity index (χ0n) is 20.7. The topological polar surface area (TPSA) is 37.3 Å². The van der Waals surface area contributed by atoms with Crippen LogP contribution < -0.4 is 0 Å². The Balaban J connectivity index is 3.25. The monoisotopic (exact) mass is 432 g/mol. The highest BCUT2D eigenvalue weighted by molar-refractivity contribution is 5.66. The maximum Gasteiger partial charge on any atom is 0.303 e. The number of allylic oxidation sites excluding steroid dienone is 6. The fraction of sp³-hybridized carbons (Fsp3) is 0.759. The molecule has 0 spiro atoms. The van der Waals surface area contributed by atoms with Crippen LogP contribution in [0, 0.1) is 0 Å². The van der Waals surface area contributed by atoms with Crippen molar-refractivity contribution in [2.24, 2.45) is 0 Å². The second-order valence-corrected chi connectivity index (χ2v) is 8.91. The Labute approximate surface area is 194 Å². The van der Waals surface area contributed by atoms with Crippen molar-refractivity contribution in [2.75, 3.05) is 0 Å². The Hall–Kier alpha value is -1.31. The highest BCUT2D eigenvalue weighted by Gasteiger charge is 1.96. The molecule has 0 amide bonds. The van der Waals surface area contributed by atoms with Crippen molar-refractivity contribution in [3.8, 4) is 0 Å². The molecule has 0 aromatic rings. The van der Waals surface area contributed by atoms with Crippen molar-refractivity contribution in [3.05, 3.63) is 36.5 Å². The van der Waals surface area contributed by atoms with Crippen molar-refractivity contribution in [1.82, 2.24) is 0 Å². The first-order valence-electron chi connectivity index (χ1n) is 13.4. The molecule has 0 atom stereocenters. The average Bonchev–Trinajstić information content (AvgIpc) is 2.76. The zero-order valence-corrected chi connectivity index (χ0v) is 20.7. The molecule has 0 unspecified atom stereocenters. The first-order chi connectivity index (χ1) is 15.3. The molecule has 0 rings (SSSR count). The van der Waals surface area contributed by atoms with Gasteiger partial charge in [0.15, 0.2) is 0 Å². The van der Waals surface area contributed by atoms with Crippen LogP contribution in [0.1, 0.15) is 142 Å². The van der Waals surface area contributed by atoms with Gasteiger partial charge in [0.2, 0.25) is 0 Å². The number of rotatable bonds is 24. The van der Waals surface area contributed by atoms with Crippen LogP contribution >= 0.6 is 0 Å². The summed E-state index contributed by atoms with van der Waals surface area (Å²) in [7, 11) is 0. The molecule has 0 saturated heterocycles. The molecule has 2 nitrogen and oxygen atoms in total. The second-order valence-electron chi connectivity index (χ2n) is 8.91. The van der Waals surface area contributed by atoms with Crippen molar-refractivity contribution >= 4 is 5.97 Å². The minimum absolute atomic E-state index is 0.320. The highest BCUT2D eigenvalue weighted by atomic mass is 16.4. The van der Waals surface area contributed by atoms with Crippen LogP contribution in [0.2, 0.25) is 0 Å². The lowest BCUT2D eigenvalue weighted by Gasteiger charge is -2.01. The number of hydrogen-bond acceptors (Lipinski definition) is 1. The van der Waals surface area contributed by atoms with E-state index in [4.69, 9.17) is 5.11 Å². The van der Waals surface area contributed by atoms with Gasteiger partial charge in [-0.3, -0.25) is 4.79 Å². The summed E-state index contributed by atoms with van der Waals surface area (Å²) >= 11 is 0. The lowest BCUT2D eigenvalue weighted by Crippen LogP contribution is -1.93. The normalized spacial score (nSPS) is 12.0. The molecule has 1 N–H and O–H groups in total. The summed E-state index contributed by atoms with van der Waals surface area (Å²) in [5, 5.41) is 8.58. The molecule has 0 aliphatic rings. The first-order valence-corrected chi connectivity index (χ1v) is 13.4. The van der Waals surface area contributed by atoms with Gasteiger partial charge >= 0.3 is 5.97 Å². The predicted octanol–water partition coefficient (Wildman–Crippen LogP) is 9.95. The van der Waals surface area contributed by atoms with E-state index in [1.807, 2.05) is 0 Å². The molecule has 0 aliphatic heterocycles. The van der Waals surface area contributed by atoms with Gasteiger partial charge in [0.05, 0.1) is 0 Å². The van der Waals surface area contributed by atoms with E-state index in [9.17, 15) is 4.79 Å². The summed E-state index contributed by atoms with van der Waals surface area (Å²) in [6.45, 7) is 2.28. The number of carbonyl (C=O) groups is 1. The summed E-state index contributed by atoms with van der Waals surface area (Å²) in [6, 6.07) is 0. The molecule has 0 radical (unpaired) electrons. The summed E-state index contributed by atoms with van der Waals surface area (Å²) < 4.78 is 0. The SMILES string of the molecule is CCCCCCCCCCCCCC=CCC=CCC=CCCCCCCCC(=O)O. The molecule has 180 valence electrons. The minimum Gasteiger partial charge on any atom is -0.481 e. The maximum atomic E-state index is 10.4. The molecule has 0 fully saturated rings. The molecule has 0 bridgehead atoms. The highest BCUT2D eigenvalue weighted by Crippen LogP contribution is 2.12. The van der Waals surface area contributed by atoms with E-state index < -0.39 is 5.97 Å². The largest absolute Gasteiger partial charge is 0.481 e. The Morgan fingerprint density at radius 1 is 0.516 bits per heavy atom. The van der Waals surface area contributed by atoms with Crippen LogP contribution in [0.25, 0.3) is 0 Å². The van der Waals surface area contributed by atoms with Crippen LogP contribution in [0.5, 0.6) is 0 Å². The van der Waals surface area contributed by atoms with Gasteiger partial charge in [-0.05, 0) is 44.9 Å². The lowest BCUT2D eigenvalue weighted by atomic mass is 10.1. The van der Waals surface area contributed by atoms with E-state index >= 15 is 0 Å². The number of aliphatic carboxylic acids is 1. The Kier molecular flexibility index (Phi) is 25.6. The van der Waals surface area contributed by atoms with Crippen LogP contribution in [0.4, 0.5) is 0 Å². The standard InChI is InChI=1S/C29H52O2/c1-2-3-4-5-6-7-8-9-10-11-12-13-14-15-16-17-18-19-20-21-22-23-24-25-26-27-28-29(30)31/h14-15,17-18,20-21H,2-13,16,19,22-28H2,1H3,(H,30,31). The van der Waals surface area contributed by atoms with Crippen molar-refractivity contribution in [2.45, 2.75) is 142 Å². The summed E-state index contributed by atoms with van der Waals surface area (Å²) in [4.78, 5) is 10.4. The number of unbranched alkanes of at least 4 members (excludes halogenated alkanes) is 16. The Morgan fingerprint density at radius 2 is 0.871 bits per heavy atom. The first kappa shape index (κ1) is 29.7. The lowest BCUT2D eigenvalue weighted by molar-refractivity contribution is -0.137. The fourth-order valence-corrected chi connectivity index (χ4v) is 3.77. The smallest absolute Gasteiger partial charge is 0.303 e. The van der Waals surface area contributed by atoms with Crippen molar-refractivity contribution in [1.29, 1.82) is 0 Å². The summed E-state index contributed by atoms with van der Waals surface area (Å²) in [5.74, 6) is -0.671. The zero-order chi connectivity index (χ0) is 22.7. The number of hydrogen-bond donors (Lipinski definition) is 1. The molecule has 31 heavy (non-hydrogen) atoms. The van der Waals surface area contributed by atoms with Gasteiger partial charge < -0.3 is 5.11 Å². The van der Waals surface area contributed by atoms with Crippen LogP contribution in [-0.4, -0.2) is 11.1 Å². The van der Waals surface area contributed by atoms with E-state index in [0.717, 1.165) is 38.5 Å². The fourth-order valence-electron chi connectivity index (χ4n) is 3.77. The number of carboxylic acids is 1. The van der Waals surface area contributed by atoms with E-state index in [0.29, 0.717) is 6.42 Å². The van der Waals surface area contributed by atoms with Gasteiger partial charge in [-0.25, -0.2) is 0 Å². The quantitative estimate of drug-likeness (QED) is 0.122. The third-order valence-corrected chi connectivity index (χ3v) is 5.78. The van der Waals surface area contributed by atoms with Crippen LogP contribution in [0.3, 0.4) is 0 Å². The predicted molar refractivity (Wildman–Crippen MR) is 138 cm³/mol. The van der Waals surface area contributed by atoms with E-state index in [1.54, 1.807) is 0 Å². The molecule has 0 aromatic heterocycles. The molecular weight excluding hydrogens is 380 g/mol. The molecule has 0 saturated carbocycles. The van der Waals surface area contributed by atoms with Gasteiger partial charge in [-0.1, -0.05) is 127 Å². The Bertz CT molecular complexity index is 448. The molecule has 0 aromatic carbocycles. The maximum absolute atomic E-state index is 10.4. The van der Waals surface area contributed by atoms with Gasteiger partial charge in [-0.15, -0.1) is 0 Å². The average molecular weight is 433 g/mol. The third kappa shape index (κ3) is 28.7. The number of carboxylic acid groups (broad SMARTS) is 1. The summed E-state index contributed by atoms with van der Waals surface area (Å²) in [6.07, 6.45) is 39.6. The molecule has 0 aliphatic carbocycles. The molecular formula is C29H52O2. The van der Waals surface area contributed by atoms with Crippen LogP contribution in [-0.2, 0) is 4.79 Å². The third-order valence-electron chi connectivity index (χ3n) is 5.78.